The molecule has 84 valence electrons. The summed E-state index contributed by atoms with van der Waals surface area (Å²) in [5.74, 6) is 0. The summed E-state index contributed by atoms with van der Waals surface area (Å²) in [5.41, 5.74) is 0. The first-order valence-electron chi connectivity index (χ1n) is 6.58. The lowest BCUT2D eigenvalue weighted by molar-refractivity contribution is 0.284. The van der Waals surface area contributed by atoms with Crippen LogP contribution in [0.4, 0.5) is 0 Å². The number of hydrogen-bond acceptors (Lipinski definition) is 2. The van der Waals surface area contributed by atoms with Gasteiger partial charge in [0.1, 0.15) is 0 Å². The zero-order chi connectivity index (χ0) is 10.1. The number of allylic oxidation sites excluding steroid dienone is 1. The van der Waals surface area contributed by atoms with Gasteiger partial charge in [0.05, 0.1) is 0 Å². The van der Waals surface area contributed by atoms with Crippen LogP contribution in [0.5, 0.6) is 0 Å². The van der Waals surface area contributed by atoms with Crippen LogP contribution in [-0.4, -0.2) is 36.1 Å². The fraction of sp³-hybridized carbons (Fsp3) is 0.846. The van der Waals surface area contributed by atoms with Crippen molar-refractivity contribution in [3.05, 3.63) is 12.2 Å². The highest BCUT2D eigenvalue weighted by Gasteiger charge is 2.37. The Hall–Kier alpha value is -0.340. The highest BCUT2D eigenvalue weighted by molar-refractivity contribution is 4.99. The molecular weight excluding hydrogens is 184 g/mol. The first kappa shape index (κ1) is 9.86. The van der Waals surface area contributed by atoms with E-state index in [1.807, 2.05) is 0 Å². The van der Waals surface area contributed by atoms with Gasteiger partial charge in [-0.05, 0) is 45.1 Å². The summed E-state index contributed by atoms with van der Waals surface area (Å²) >= 11 is 0. The maximum absolute atomic E-state index is 3.90. The van der Waals surface area contributed by atoms with E-state index < -0.39 is 0 Å². The molecule has 1 aliphatic carbocycles. The van der Waals surface area contributed by atoms with Gasteiger partial charge in [0.25, 0.3) is 0 Å². The Morgan fingerprint density at radius 3 is 2.93 bits per heavy atom. The van der Waals surface area contributed by atoms with Gasteiger partial charge in [0.2, 0.25) is 0 Å². The van der Waals surface area contributed by atoms with E-state index in [2.05, 4.69) is 22.4 Å². The van der Waals surface area contributed by atoms with E-state index in [9.17, 15) is 0 Å². The van der Waals surface area contributed by atoms with E-state index in [0.29, 0.717) is 0 Å². The Morgan fingerprint density at radius 2 is 2.07 bits per heavy atom. The second-order valence-electron chi connectivity index (χ2n) is 5.29. The SMILES string of the molecule is C1=CCC(NC2CCN3CCCC23)CC1. The highest BCUT2D eigenvalue weighted by Crippen LogP contribution is 2.28. The molecule has 0 aromatic rings. The lowest BCUT2D eigenvalue weighted by Crippen LogP contribution is -2.44. The van der Waals surface area contributed by atoms with Crippen molar-refractivity contribution in [2.45, 2.75) is 56.7 Å². The number of rotatable bonds is 2. The predicted molar refractivity (Wildman–Crippen MR) is 62.9 cm³/mol. The molecular formula is C13H22N2. The smallest absolute Gasteiger partial charge is 0.0250 e. The minimum Gasteiger partial charge on any atom is -0.309 e. The Labute approximate surface area is 92.7 Å². The van der Waals surface area contributed by atoms with E-state index in [0.717, 1.165) is 18.1 Å². The van der Waals surface area contributed by atoms with E-state index >= 15 is 0 Å². The third kappa shape index (κ3) is 1.98. The summed E-state index contributed by atoms with van der Waals surface area (Å²) in [4.78, 5) is 2.69. The average Bonchev–Trinajstić information content (AvgIpc) is 2.85. The third-order valence-electron chi connectivity index (χ3n) is 4.32. The zero-order valence-electron chi connectivity index (χ0n) is 9.49. The Morgan fingerprint density at radius 1 is 1.07 bits per heavy atom. The summed E-state index contributed by atoms with van der Waals surface area (Å²) in [6.07, 6.45) is 12.8. The third-order valence-corrected chi connectivity index (χ3v) is 4.32. The van der Waals surface area contributed by atoms with Crippen molar-refractivity contribution in [2.24, 2.45) is 0 Å². The van der Waals surface area contributed by atoms with Crippen molar-refractivity contribution in [1.82, 2.24) is 10.2 Å². The molecule has 15 heavy (non-hydrogen) atoms. The van der Waals surface area contributed by atoms with Crippen molar-refractivity contribution >= 4 is 0 Å². The Bertz CT molecular complexity index is 249. The molecule has 0 spiro atoms. The van der Waals surface area contributed by atoms with E-state index in [1.54, 1.807) is 0 Å². The standard InChI is InChI=1S/C13H22N2/c1-2-5-11(6-3-1)14-12-8-10-15-9-4-7-13(12)15/h1-2,11-14H,3-10H2. The summed E-state index contributed by atoms with van der Waals surface area (Å²) in [7, 11) is 0. The van der Waals surface area contributed by atoms with Crippen LogP contribution in [0.2, 0.25) is 0 Å². The van der Waals surface area contributed by atoms with Crippen LogP contribution in [-0.2, 0) is 0 Å². The molecule has 2 saturated heterocycles. The quantitative estimate of drug-likeness (QED) is 0.694. The van der Waals surface area contributed by atoms with Crippen molar-refractivity contribution in [3.63, 3.8) is 0 Å². The average molecular weight is 206 g/mol. The minimum atomic E-state index is 0.764. The first-order valence-corrected chi connectivity index (χ1v) is 6.58. The van der Waals surface area contributed by atoms with Gasteiger partial charge >= 0.3 is 0 Å². The number of nitrogens with one attached hydrogen (secondary N) is 1. The molecule has 3 unspecified atom stereocenters. The van der Waals surface area contributed by atoms with Crippen LogP contribution in [0.3, 0.4) is 0 Å². The molecule has 3 aliphatic rings. The van der Waals surface area contributed by atoms with Gasteiger partial charge in [0.15, 0.2) is 0 Å². The molecule has 3 rings (SSSR count). The van der Waals surface area contributed by atoms with E-state index in [-0.39, 0.29) is 0 Å². The molecule has 2 aliphatic heterocycles. The second kappa shape index (κ2) is 4.26. The lowest BCUT2D eigenvalue weighted by atomic mass is 9.98. The van der Waals surface area contributed by atoms with E-state index in [4.69, 9.17) is 0 Å². The Kier molecular flexibility index (Phi) is 2.80. The largest absolute Gasteiger partial charge is 0.309 e. The molecule has 1 N–H and O–H groups in total. The lowest BCUT2D eigenvalue weighted by Gasteiger charge is -2.27. The van der Waals surface area contributed by atoms with Gasteiger partial charge in [-0.25, -0.2) is 0 Å². The maximum atomic E-state index is 3.90. The number of hydrogen-bond donors (Lipinski definition) is 1. The van der Waals surface area contributed by atoms with Crippen LogP contribution in [0.25, 0.3) is 0 Å². The number of fused-ring (bicyclic) bond motifs is 1. The van der Waals surface area contributed by atoms with Crippen LogP contribution >= 0.6 is 0 Å². The van der Waals surface area contributed by atoms with Crippen LogP contribution in [0.15, 0.2) is 12.2 Å². The highest BCUT2D eigenvalue weighted by atomic mass is 15.2. The van der Waals surface area contributed by atoms with Crippen LogP contribution < -0.4 is 5.32 Å². The molecule has 2 nitrogen and oxygen atoms in total. The molecule has 0 aromatic carbocycles. The summed E-state index contributed by atoms with van der Waals surface area (Å²) in [6, 6.07) is 2.43. The maximum Gasteiger partial charge on any atom is 0.0250 e. The van der Waals surface area contributed by atoms with Gasteiger partial charge in [-0.2, -0.15) is 0 Å². The van der Waals surface area contributed by atoms with Crippen LogP contribution in [0.1, 0.15) is 38.5 Å². The molecule has 2 heterocycles. The van der Waals surface area contributed by atoms with Crippen molar-refractivity contribution < 1.29 is 0 Å². The Balaban J connectivity index is 1.56. The van der Waals surface area contributed by atoms with Crippen molar-refractivity contribution in [1.29, 1.82) is 0 Å². The molecule has 3 atom stereocenters. The normalized spacial score (nSPS) is 40.9. The molecule has 2 heteroatoms. The monoisotopic (exact) mass is 206 g/mol. The van der Waals surface area contributed by atoms with Crippen molar-refractivity contribution in [3.8, 4) is 0 Å². The minimum absolute atomic E-state index is 0.764. The molecule has 0 radical (unpaired) electrons. The molecule has 0 bridgehead atoms. The van der Waals surface area contributed by atoms with Gasteiger partial charge in [-0.15, -0.1) is 0 Å². The molecule has 0 saturated carbocycles. The summed E-state index contributed by atoms with van der Waals surface area (Å²) in [5, 5.41) is 3.90. The van der Waals surface area contributed by atoms with Gasteiger partial charge in [-0.1, -0.05) is 12.2 Å². The molecule has 0 aromatic heterocycles. The molecule has 2 fully saturated rings. The molecule has 0 amide bonds. The summed E-state index contributed by atoms with van der Waals surface area (Å²) < 4.78 is 0. The summed E-state index contributed by atoms with van der Waals surface area (Å²) in [6.45, 7) is 2.69. The topological polar surface area (TPSA) is 15.3 Å². The van der Waals surface area contributed by atoms with Gasteiger partial charge < -0.3 is 5.32 Å². The fourth-order valence-corrected chi connectivity index (χ4v) is 3.52. The van der Waals surface area contributed by atoms with Crippen LogP contribution in [0, 0.1) is 0 Å². The first-order chi connectivity index (χ1) is 7.43. The van der Waals surface area contributed by atoms with Gasteiger partial charge in [0, 0.05) is 24.7 Å². The van der Waals surface area contributed by atoms with E-state index in [1.165, 1.54) is 51.6 Å². The number of nitrogens with zero attached hydrogens (tertiary/aromatic N) is 1. The second-order valence-corrected chi connectivity index (χ2v) is 5.29. The fourth-order valence-electron chi connectivity index (χ4n) is 3.52. The zero-order valence-corrected chi connectivity index (χ0v) is 9.49. The predicted octanol–water partition coefficient (Wildman–Crippen LogP) is 1.92. The van der Waals surface area contributed by atoms with Gasteiger partial charge in [-0.3, -0.25) is 4.90 Å². The van der Waals surface area contributed by atoms with Crippen molar-refractivity contribution in [2.75, 3.05) is 13.1 Å².